The zero-order valence-corrected chi connectivity index (χ0v) is 28.3. The number of carbonyl (C=O) groups is 4. The number of nitrogens with one attached hydrogen (secondary N) is 4. The van der Waals surface area contributed by atoms with E-state index in [1.165, 1.54) is 7.11 Å². The number of aliphatic carboxylic acids is 1. The number of carbonyl (C=O) groups excluding carboxylic acids is 3. The number of benzene rings is 2. The number of methoxy groups -OCH3 is 1. The Balaban J connectivity index is 2.37. The Bertz CT molecular complexity index is 1570. The molecule has 0 heterocycles. The lowest BCUT2D eigenvalue weighted by molar-refractivity contribution is -0.138. The summed E-state index contributed by atoms with van der Waals surface area (Å²) in [6.45, 7) is 10.6. The SMILES string of the molecule is COc1c(C#CCN=C(NC(=O)OC(C)(C)C)NC(=O)OC(C)(C)C)cc(NCc2ccccc2)cc1C#CCNC(=O)CCC(=O)O. The zero-order chi connectivity index (χ0) is 35.7. The molecule has 0 unspecified atom stereocenters. The second-order valence-electron chi connectivity index (χ2n) is 12.1. The molecule has 0 aliphatic heterocycles. The molecule has 13 heteroatoms. The van der Waals surface area contributed by atoms with Crippen molar-refractivity contribution in [3.8, 4) is 29.4 Å². The minimum absolute atomic E-state index is 0.00290. The molecule has 0 bridgehead atoms. The van der Waals surface area contributed by atoms with E-state index in [-0.39, 0.29) is 31.9 Å². The second-order valence-corrected chi connectivity index (χ2v) is 12.1. The van der Waals surface area contributed by atoms with Crippen LogP contribution in [0.3, 0.4) is 0 Å². The molecule has 0 aliphatic rings. The Morgan fingerprint density at radius 2 is 1.40 bits per heavy atom. The molecule has 0 aromatic heterocycles. The molecule has 13 nitrogen and oxygen atoms in total. The maximum Gasteiger partial charge on any atom is 0.414 e. The van der Waals surface area contributed by atoms with Crippen molar-refractivity contribution in [2.75, 3.05) is 25.5 Å². The van der Waals surface area contributed by atoms with Gasteiger partial charge in [-0.3, -0.25) is 20.2 Å². The molecule has 0 saturated heterocycles. The van der Waals surface area contributed by atoms with Crippen molar-refractivity contribution in [2.45, 2.75) is 72.1 Å². The molecule has 256 valence electrons. The van der Waals surface area contributed by atoms with Gasteiger partial charge in [-0.05, 0) is 59.2 Å². The summed E-state index contributed by atoms with van der Waals surface area (Å²) in [6.07, 6.45) is -2.08. The Kier molecular flexibility index (Phi) is 14.8. The first kappa shape index (κ1) is 38.5. The average Bonchev–Trinajstić information content (AvgIpc) is 2.97. The van der Waals surface area contributed by atoms with Gasteiger partial charge in [0.15, 0.2) is 0 Å². The number of hydrogen-bond acceptors (Lipinski definition) is 9. The summed E-state index contributed by atoms with van der Waals surface area (Å²) in [4.78, 5) is 51.6. The van der Waals surface area contributed by atoms with E-state index in [0.717, 1.165) is 5.56 Å². The lowest BCUT2D eigenvalue weighted by atomic mass is 10.1. The van der Waals surface area contributed by atoms with Crippen LogP contribution in [0.5, 0.6) is 5.75 Å². The highest BCUT2D eigenvalue weighted by Crippen LogP contribution is 2.27. The lowest BCUT2D eigenvalue weighted by Crippen LogP contribution is -2.47. The quantitative estimate of drug-likeness (QED) is 0.148. The van der Waals surface area contributed by atoms with E-state index >= 15 is 0 Å². The number of rotatable bonds is 9. The number of carboxylic acids is 1. The van der Waals surface area contributed by atoms with Crippen LogP contribution in [0.4, 0.5) is 15.3 Å². The number of carboxylic acid groups (broad SMARTS) is 1. The van der Waals surface area contributed by atoms with Gasteiger partial charge in [0, 0.05) is 18.7 Å². The molecule has 0 spiro atoms. The van der Waals surface area contributed by atoms with E-state index in [1.54, 1.807) is 53.7 Å². The van der Waals surface area contributed by atoms with E-state index in [9.17, 15) is 19.2 Å². The van der Waals surface area contributed by atoms with Crippen LogP contribution in [0.1, 0.15) is 71.1 Å². The summed E-state index contributed by atoms with van der Waals surface area (Å²) >= 11 is 0. The summed E-state index contributed by atoms with van der Waals surface area (Å²) in [5.74, 6) is 10.4. The highest BCUT2D eigenvalue weighted by atomic mass is 16.6. The first-order valence-electron chi connectivity index (χ1n) is 15.0. The van der Waals surface area contributed by atoms with Crippen molar-refractivity contribution in [3.63, 3.8) is 0 Å². The summed E-state index contributed by atoms with van der Waals surface area (Å²) in [5, 5.41) is 19.5. The first-order chi connectivity index (χ1) is 22.5. The molecule has 0 fully saturated rings. The van der Waals surface area contributed by atoms with E-state index in [0.29, 0.717) is 29.1 Å². The van der Waals surface area contributed by atoms with Crippen LogP contribution in [-0.2, 0) is 25.6 Å². The van der Waals surface area contributed by atoms with Crippen molar-refractivity contribution in [1.29, 1.82) is 0 Å². The first-order valence-corrected chi connectivity index (χ1v) is 15.0. The largest absolute Gasteiger partial charge is 0.494 e. The number of nitrogens with zero attached hydrogens (tertiary/aromatic N) is 1. The van der Waals surface area contributed by atoms with Gasteiger partial charge in [0.1, 0.15) is 23.5 Å². The second kappa shape index (κ2) is 18.5. The third-order valence-corrected chi connectivity index (χ3v) is 5.57. The van der Waals surface area contributed by atoms with Gasteiger partial charge in [-0.15, -0.1) is 0 Å². The van der Waals surface area contributed by atoms with E-state index in [4.69, 9.17) is 19.3 Å². The van der Waals surface area contributed by atoms with Gasteiger partial charge in [0.2, 0.25) is 11.9 Å². The van der Waals surface area contributed by atoms with Gasteiger partial charge >= 0.3 is 18.2 Å². The number of ether oxygens (including phenoxy) is 3. The molecule has 0 aliphatic carbocycles. The van der Waals surface area contributed by atoms with E-state index < -0.39 is 35.3 Å². The minimum atomic E-state index is -1.06. The lowest BCUT2D eigenvalue weighted by Gasteiger charge is -2.22. The number of alkyl carbamates (subject to hydrolysis) is 2. The predicted molar refractivity (Wildman–Crippen MR) is 181 cm³/mol. The van der Waals surface area contributed by atoms with Gasteiger partial charge in [-0.2, -0.15) is 0 Å². The molecule has 48 heavy (non-hydrogen) atoms. The van der Waals surface area contributed by atoms with Crippen LogP contribution >= 0.6 is 0 Å². The number of aliphatic imine (C=N–C) groups is 1. The van der Waals surface area contributed by atoms with Crippen molar-refractivity contribution < 1.29 is 38.5 Å². The van der Waals surface area contributed by atoms with E-state index in [2.05, 4.69) is 49.9 Å². The normalized spacial score (nSPS) is 10.5. The molecule has 2 aromatic rings. The van der Waals surface area contributed by atoms with Gasteiger partial charge in [-0.1, -0.05) is 54.0 Å². The Morgan fingerprint density at radius 3 is 1.92 bits per heavy atom. The number of anilines is 1. The van der Waals surface area contributed by atoms with Crippen molar-refractivity contribution in [2.24, 2.45) is 4.99 Å². The van der Waals surface area contributed by atoms with Crippen LogP contribution in [0.15, 0.2) is 47.5 Å². The summed E-state index contributed by atoms with van der Waals surface area (Å²) < 4.78 is 16.2. The third-order valence-electron chi connectivity index (χ3n) is 5.57. The molecule has 5 N–H and O–H groups in total. The van der Waals surface area contributed by atoms with Crippen LogP contribution in [-0.4, -0.2) is 66.5 Å². The fraction of sp³-hybridized carbons (Fsp3) is 0.400. The number of amides is 3. The highest BCUT2D eigenvalue weighted by molar-refractivity contribution is 6.01. The van der Waals surface area contributed by atoms with Crippen molar-refractivity contribution in [1.82, 2.24) is 16.0 Å². The third kappa shape index (κ3) is 16.0. The summed E-state index contributed by atoms with van der Waals surface area (Å²) in [6, 6.07) is 13.3. The number of hydrogen-bond donors (Lipinski definition) is 5. The fourth-order valence-electron chi connectivity index (χ4n) is 3.69. The van der Waals surface area contributed by atoms with Crippen molar-refractivity contribution >= 4 is 35.7 Å². The maximum atomic E-state index is 12.4. The molecule has 2 rings (SSSR count). The van der Waals surface area contributed by atoms with Crippen LogP contribution in [0, 0.1) is 23.7 Å². The predicted octanol–water partition coefficient (Wildman–Crippen LogP) is 4.40. The molecule has 2 aromatic carbocycles. The van der Waals surface area contributed by atoms with Gasteiger partial charge in [0.05, 0.1) is 31.2 Å². The molecular weight excluding hydrogens is 618 g/mol. The molecule has 0 saturated carbocycles. The van der Waals surface area contributed by atoms with Gasteiger partial charge in [0.25, 0.3) is 0 Å². The standard InChI is InChI=1S/C35H43N5O8/c1-34(2,3)47-32(44)39-31(40-33(45)48-35(4,5)6)37-20-12-16-26-22-27(38-23-24-13-9-8-10-14-24)21-25(30(26)46-7)15-11-19-36-28(41)17-18-29(42)43/h8-10,13-14,21-22,38H,17-20,23H2,1-7H3,(H,36,41)(H,42,43)(H2,37,39,40,44,45). The molecule has 0 radical (unpaired) electrons. The molecule has 0 atom stereocenters. The van der Waals surface area contributed by atoms with Gasteiger partial charge in [-0.25, -0.2) is 14.6 Å². The average molecular weight is 662 g/mol. The number of guanidine groups is 1. The molecule has 3 amide bonds. The Hall–Kier alpha value is -5.69. The Morgan fingerprint density at radius 1 is 0.833 bits per heavy atom. The summed E-state index contributed by atoms with van der Waals surface area (Å²) in [7, 11) is 1.47. The maximum absolute atomic E-state index is 12.4. The minimum Gasteiger partial charge on any atom is -0.494 e. The highest BCUT2D eigenvalue weighted by Gasteiger charge is 2.21. The Labute approximate surface area is 281 Å². The van der Waals surface area contributed by atoms with Crippen LogP contribution in [0.25, 0.3) is 0 Å². The molecular formula is C35H43N5O8. The van der Waals surface area contributed by atoms with Crippen LogP contribution < -0.4 is 26.0 Å². The van der Waals surface area contributed by atoms with Gasteiger partial charge < -0.3 is 30.0 Å². The summed E-state index contributed by atoms with van der Waals surface area (Å²) in [5.41, 5.74) is 1.13. The van der Waals surface area contributed by atoms with Crippen molar-refractivity contribution in [3.05, 3.63) is 59.2 Å². The zero-order valence-electron chi connectivity index (χ0n) is 28.3. The fourth-order valence-corrected chi connectivity index (χ4v) is 3.69. The topological polar surface area (TPSA) is 177 Å². The monoisotopic (exact) mass is 661 g/mol. The van der Waals surface area contributed by atoms with E-state index in [1.807, 2.05) is 30.3 Å². The smallest absolute Gasteiger partial charge is 0.414 e. The van der Waals surface area contributed by atoms with Crippen LogP contribution in [0.2, 0.25) is 0 Å².